The van der Waals surface area contributed by atoms with Crippen molar-refractivity contribution in [2.45, 2.75) is 17.2 Å². The maximum absolute atomic E-state index is 13.4. The van der Waals surface area contributed by atoms with Gasteiger partial charge in [0.2, 0.25) is 0 Å². The van der Waals surface area contributed by atoms with Crippen LogP contribution in [0.25, 0.3) is 5.65 Å². The smallest absolute Gasteiger partial charge is 0.303 e. The summed E-state index contributed by atoms with van der Waals surface area (Å²) in [4.78, 5) is 7.56. The number of benzene rings is 1. The zero-order valence-electron chi connectivity index (χ0n) is 12.3. The number of imidazole rings is 1. The van der Waals surface area contributed by atoms with E-state index in [-0.39, 0.29) is 10.6 Å². The molecule has 1 N–H and O–H groups in total. The van der Waals surface area contributed by atoms with E-state index in [0.717, 1.165) is 24.5 Å². The van der Waals surface area contributed by atoms with Gasteiger partial charge in [-0.3, -0.25) is 0 Å². The number of fused-ring (bicyclic) bond motifs is 1. The normalized spacial score (nSPS) is 13.9. The Morgan fingerprint density at radius 2 is 1.84 bits per heavy atom. The molecular weight excluding hydrogens is 381 g/mol. The van der Waals surface area contributed by atoms with E-state index in [1.54, 1.807) is 4.72 Å². The Morgan fingerprint density at radius 1 is 1.16 bits per heavy atom. The highest BCUT2D eigenvalue weighted by molar-refractivity contribution is 7.89. The summed E-state index contributed by atoms with van der Waals surface area (Å²) in [5.74, 6) is 0. The minimum absolute atomic E-state index is 0.236. The Morgan fingerprint density at radius 3 is 2.48 bits per heavy atom. The Balaban J connectivity index is 1.98. The summed E-state index contributed by atoms with van der Waals surface area (Å²) >= 11 is 5.67. The van der Waals surface area contributed by atoms with Gasteiger partial charge in [0.1, 0.15) is 6.04 Å². The monoisotopic (exact) mass is 390 g/mol. The highest BCUT2D eigenvalue weighted by Crippen LogP contribution is 2.34. The number of hydrogen-bond acceptors (Lipinski definition) is 4. The number of sulfonamides is 1. The quantitative estimate of drug-likeness (QED) is 0.743. The lowest BCUT2D eigenvalue weighted by atomic mass is 10.1. The summed E-state index contributed by atoms with van der Waals surface area (Å²) in [6.07, 6.45) is 0.253. The van der Waals surface area contributed by atoms with E-state index in [0.29, 0.717) is 5.65 Å². The molecule has 132 valence electrons. The number of alkyl halides is 3. The van der Waals surface area contributed by atoms with Gasteiger partial charge in [-0.25, -0.2) is 18.4 Å². The lowest BCUT2D eigenvalue weighted by Gasteiger charge is -2.21. The van der Waals surface area contributed by atoms with Crippen LogP contribution in [0.3, 0.4) is 0 Å². The molecule has 0 radical (unpaired) electrons. The fourth-order valence-electron chi connectivity index (χ4n) is 2.14. The third-order valence-corrected chi connectivity index (χ3v) is 4.89. The van der Waals surface area contributed by atoms with Gasteiger partial charge in [0.05, 0.1) is 6.20 Å². The minimum atomic E-state index is -4.85. The van der Waals surface area contributed by atoms with Crippen molar-refractivity contribution in [3.63, 3.8) is 0 Å². The first-order valence-corrected chi connectivity index (χ1v) is 8.66. The summed E-state index contributed by atoms with van der Waals surface area (Å²) in [5.41, 5.74) is 0.0770. The van der Waals surface area contributed by atoms with E-state index >= 15 is 0 Å². The van der Waals surface area contributed by atoms with Crippen LogP contribution in [0.5, 0.6) is 0 Å². The second-order valence-corrected chi connectivity index (χ2v) is 7.16. The molecule has 0 aliphatic carbocycles. The Bertz CT molecular complexity index is 1000. The zero-order chi connectivity index (χ0) is 18.2. The molecule has 0 saturated heterocycles. The molecule has 0 fully saturated rings. The van der Waals surface area contributed by atoms with Crippen molar-refractivity contribution in [2.75, 3.05) is 0 Å². The predicted molar refractivity (Wildman–Crippen MR) is 83.6 cm³/mol. The van der Waals surface area contributed by atoms with Crippen LogP contribution in [0.2, 0.25) is 5.02 Å². The molecule has 1 atom stereocenters. The van der Waals surface area contributed by atoms with Crippen LogP contribution in [0.15, 0.2) is 54.1 Å². The van der Waals surface area contributed by atoms with Crippen LogP contribution < -0.4 is 4.72 Å². The second kappa shape index (κ2) is 6.28. The van der Waals surface area contributed by atoms with Crippen LogP contribution in [-0.4, -0.2) is 29.0 Å². The van der Waals surface area contributed by atoms with Crippen LogP contribution in [-0.2, 0) is 10.0 Å². The third-order valence-electron chi connectivity index (χ3n) is 3.33. The van der Waals surface area contributed by atoms with E-state index in [2.05, 4.69) is 9.97 Å². The Kier molecular flexibility index (Phi) is 4.43. The third kappa shape index (κ3) is 3.75. The molecular formula is C14H10ClF3N4O2S. The van der Waals surface area contributed by atoms with Crippen LogP contribution in [0.1, 0.15) is 11.6 Å². The van der Waals surface area contributed by atoms with Gasteiger partial charge in [0.25, 0.3) is 10.0 Å². The van der Waals surface area contributed by atoms with Crippen molar-refractivity contribution >= 4 is 27.3 Å². The fraction of sp³-hybridized carbons (Fsp3) is 0.143. The number of nitrogens with zero attached hydrogens (tertiary/aromatic N) is 3. The van der Waals surface area contributed by atoms with E-state index < -0.39 is 27.3 Å². The Hall–Kier alpha value is -2.17. The van der Waals surface area contributed by atoms with E-state index in [1.165, 1.54) is 28.9 Å². The van der Waals surface area contributed by atoms with Gasteiger partial charge in [0.15, 0.2) is 10.7 Å². The maximum atomic E-state index is 13.4. The molecule has 1 aromatic carbocycles. The average molecular weight is 391 g/mol. The summed E-state index contributed by atoms with van der Waals surface area (Å²) < 4.78 is 67.8. The summed E-state index contributed by atoms with van der Waals surface area (Å²) in [7, 11) is -4.53. The van der Waals surface area contributed by atoms with E-state index in [9.17, 15) is 21.6 Å². The standard InChI is InChI=1S/C14H10ClF3N4O2S/c15-10-3-1-9(2-4-10)13(14(16,17)18)21-25(23,24)12-8-22-6-5-19-11(22)7-20-12/h1-8,13,21H. The van der Waals surface area contributed by atoms with Gasteiger partial charge >= 0.3 is 6.18 Å². The molecule has 0 aliphatic rings. The van der Waals surface area contributed by atoms with E-state index in [1.807, 2.05) is 0 Å². The first kappa shape index (κ1) is 17.6. The molecule has 0 amide bonds. The molecule has 2 heterocycles. The van der Waals surface area contributed by atoms with Gasteiger partial charge in [-0.15, -0.1) is 0 Å². The molecule has 6 nitrogen and oxygen atoms in total. The highest BCUT2D eigenvalue weighted by Gasteiger charge is 2.43. The molecule has 25 heavy (non-hydrogen) atoms. The van der Waals surface area contributed by atoms with Crippen molar-refractivity contribution < 1.29 is 21.6 Å². The van der Waals surface area contributed by atoms with Gasteiger partial charge in [-0.1, -0.05) is 23.7 Å². The lowest BCUT2D eigenvalue weighted by molar-refractivity contribution is -0.153. The molecule has 0 spiro atoms. The molecule has 1 unspecified atom stereocenters. The van der Waals surface area contributed by atoms with Crippen molar-refractivity contribution in [1.82, 2.24) is 19.1 Å². The lowest BCUT2D eigenvalue weighted by Crippen LogP contribution is -2.38. The fourth-order valence-corrected chi connectivity index (χ4v) is 3.41. The molecule has 2 aromatic heterocycles. The van der Waals surface area contributed by atoms with Gasteiger partial charge in [-0.2, -0.15) is 17.9 Å². The molecule has 11 heteroatoms. The van der Waals surface area contributed by atoms with E-state index in [4.69, 9.17) is 11.6 Å². The topological polar surface area (TPSA) is 76.4 Å². The van der Waals surface area contributed by atoms with Gasteiger partial charge in [0, 0.05) is 23.6 Å². The van der Waals surface area contributed by atoms with Gasteiger partial charge < -0.3 is 4.40 Å². The van der Waals surface area contributed by atoms with Crippen molar-refractivity contribution in [3.05, 3.63) is 59.6 Å². The second-order valence-electron chi connectivity index (χ2n) is 5.07. The number of hydrogen-bond donors (Lipinski definition) is 1. The van der Waals surface area contributed by atoms with Crippen LogP contribution in [0, 0.1) is 0 Å². The first-order chi connectivity index (χ1) is 11.7. The average Bonchev–Trinajstić information content (AvgIpc) is 3.00. The molecule has 0 saturated carbocycles. The summed E-state index contributed by atoms with van der Waals surface area (Å²) in [6, 6.07) is 2.28. The maximum Gasteiger partial charge on any atom is 0.408 e. The number of rotatable bonds is 4. The molecule has 3 aromatic rings. The van der Waals surface area contributed by atoms with Crippen LogP contribution >= 0.6 is 11.6 Å². The van der Waals surface area contributed by atoms with Gasteiger partial charge in [-0.05, 0) is 17.7 Å². The zero-order valence-corrected chi connectivity index (χ0v) is 13.8. The molecule has 3 rings (SSSR count). The van der Waals surface area contributed by atoms with Crippen molar-refractivity contribution in [2.24, 2.45) is 0 Å². The largest absolute Gasteiger partial charge is 0.408 e. The number of nitrogens with one attached hydrogen (secondary N) is 1. The molecule has 0 aliphatic heterocycles. The van der Waals surface area contributed by atoms with Crippen LogP contribution in [0.4, 0.5) is 13.2 Å². The van der Waals surface area contributed by atoms with Crippen molar-refractivity contribution in [1.29, 1.82) is 0 Å². The first-order valence-electron chi connectivity index (χ1n) is 6.80. The minimum Gasteiger partial charge on any atom is -0.303 e. The highest BCUT2D eigenvalue weighted by atomic mass is 35.5. The number of halogens is 4. The number of aromatic nitrogens is 3. The summed E-state index contributed by atoms with van der Waals surface area (Å²) in [6.45, 7) is 0. The Labute approximate surface area is 145 Å². The van der Waals surface area contributed by atoms with Crippen molar-refractivity contribution in [3.8, 4) is 0 Å². The molecule has 0 bridgehead atoms. The predicted octanol–water partition coefficient (Wildman–Crippen LogP) is 2.96. The summed E-state index contributed by atoms with van der Waals surface area (Å²) in [5, 5.41) is -0.319. The SMILES string of the molecule is O=S(=O)(NC(c1ccc(Cl)cc1)C(F)(F)F)c1cn2ccnc2cn1.